The maximum absolute atomic E-state index is 13.2. The number of methoxy groups -OCH3 is 1. The summed E-state index contributed by atoms with van der Waals surface area (Å²) in [6, 6.07) is 6.24. The van der Waals surface area contributed by atoms with Gasteiger partial charge in [-0.3, -0.25) is 9.80 Å². The number of nitrogens with zero attached hydrogens (tertiary/aromatic N) is 3. The summed E-state index contributed by atoms with van der Waals surface area (Å²) in [6.07, 6.45) is 0. The average Bonchev–Trinajstić information content (AvgIpc) is 2.81. The Morgan fingerprint density at radius 2 is 1.94 bits per heavy atom. The van der Waals surface area contributed by atoms with Crippen molar-refractivity contribution in [3.63, 3.8) is 0 Å². The first-order valence-electron chi connectivity index (χ1n) is 12.0. The van der Waals surface area contributed by atoms with Crippen molar-refractivity contribution >= 4 is 18.0 Å². The molecule has 0 saturated carbocycles. The van der Waals surface area contributed by atoms with E-state index in [9.17, 15) is 14.4 Å². The Balaban J connectivity index is 1.94. The minimum absolute atomic E-state index is 0.0260. The Morgan fingerprint density at radius 1 is 1.23 bits per heavy atom. The molecule has 192 valence electrons. The lowest BCUT2D eigenvalue weighted by atomic mass is 9.93. The van der Waals surface area contributed by atoms with Crippen LogP contribution in [0.1, 0.15) is 39.3 Å². The molecule has 0 aromatic heterocycles. The topological polar surface area (TPSA) is 103 Å². The molecule has 1 aromatic carbocycles. The zero-order valence-electron chi connectivity index (χ0n) is 21.5. The number of piperazine rings is 1. The molecule has 3 rings (SSSR count). The number of carbonyl (C=O) groups excluding carboxylic acids is 3. The third kappa shape index (κ3) is 5.87. The molecule has 0 radical (unpaired) electrons. The first-order chi connectivity index (χ1) is 16.7. The highest BCUT2D eigenvalue weighted by Gasteiger charge is 2.39. The van der Waals surface area contributed by atoms with Crippen molar-refractivity contribution in [3.8, 4) is 5.75 Å². The van der Waals surface area contributed by atoms with Crippen LogP contribution < -0.4 is 15.4 Å². The molecule has 35 heavy (non-hydrogen) atoms. The van der Waals surface area contributed by atoms with Crippen LogP contribution in [0.4, 0.5) is 9.59 Å². The van der Waals surface area contributed by atoms with Gasteiger partial charge in [0, 0.05) is 56.6 Å². The van der Waals surface area contributed by atoms with Crippen molar-refractivity contribution in [2.45, 2.75) is 45.8 Å². The zero-order chi connectivity index (χ0) is 25.7. The lowest BCUT2D eigenvalue weighted by Gasteiger charge is -2.42. The summed E-state index contributed by atoms with van der Waals surface area (Å²) in [4.78, 5) is 44.2. The van der Waals surface area contributed by atoms with Crippen LogP contribution in [-0.4, -0.2) is 91.8 Å². The Hall–Kier alpha value is -3.27. The van der Waals surface area contributed by atoms with Crippen molar-refractivity contribution in [3.05, 3.63) is 41.1 Å². The number of urea groups is 2. The second-order valence-electron chi connectivity index (χ2n) is 9.15. The summed E-state index contributed by atoms with van der Waals surface area (Å²) in [5.41, 5.74) is 1.64. The highest BCUT2D eigenvalue weighted by atomic mass is 16.5. The molecular formula is C25H37N5O5. The number of nitrogens with one attached hydrogen (secondary N) is 2. The molecule has 1 aromatic rings. The van der Waals surface area contributed by atoms with Crippen LogP contribution in [0.25, 0.3) is 0 Å². The quantitative estimate of drug-likeness (QED) is 0.573. The largest absolute Gasteiger partial charge is 0.496 e. The van der Waals surface area contributed by atoms with E-state index >= 15 is 0 Å². The van der Waals surface area contributed by atoms with Gasteiger partial charge in [0.05, 0.1) is 25.3 Å². The fourth-order valence-corrected chi connectivity index (χ4v) is 4.56. The number of carbonyl (C=O) groups is 3. The van der Waals surface area contributed by atoms with Gasteiger partial charge in [-0.2, -0.15) is 0 Å². The fourth-order valence-electron chi connectivity index (χ4n) is 4.56. The summed E-state index contributed by atoms with van der Waals surface area (Å²) >= 11 is 0. The summed E-state index contributed by atoms with van der Waals surface area (Å²) in [5.74, 6) is 0.0927. The number of ether oxygens (including phenoxy) is 2. The van der Waals surface area contributed by atoms with E-state index in [4.69, 9.17) is 9.47 Å². The molecule has 2 unspecified atom stereocenters. The number of para-hydroxylation sites is 1. The molecule has 2 N–H and O–H groups in total. The van der Waals surface area contributed by atoms with Crippen LogP contribution in [0.3, 0.4) is 0 Å². The Labute approximate surface area is 207 Å². The van der Waals surface area contributed by atoms with Gasteiger partial charge >= 0.3 is 18.0 Å². The first-order valence-corrected chi connectivity index (χ1v) is 12.0. The maximum Gasteiger partial charge on any atom is 0.338 e. The summed E-state index contributed by atoms with van der Waals surface area (Å²) in [6.45, 7) is 9.98. The van der Waals surface area contributed by atoms with Gasteiger partial charge < -0.3 is 25.0 Å². The van der Waals surface area contributed by atoms with E-state index < -0.39 is 12.0 Å². The number of amides is 4. The Morgan fingerprint density at radius 3 is 2.57 bits per heavy atom. The van der Waals surface area contributed by atoms with Crippen molar-refractivity contribution in [1.29, 1.82) is 0 Å². The van der Waals surface area contributed by atoms with E-state index in [0.717, 1.165) is 0 Å². The van der Waals surface area contributed by atoms with Gasteiger partial charge in [-0.1, -0.05) is 18.2 Å². The molecule has 2 atom stereocenters. The molecule has 0 spiro atoms. The smallest absolute Gasteiger partial charge is 0.338 e. The highest BCUT2D eigenvalue weighted by molar-refractivity contribution is 5.95. The predicted molar refractivity (Wildman–Crippen MR) is 132 cm³/mol. The van der Waals surface area contributed by atoms with Crippen LogP contribution >= 0.6 is 0 Å². The molecule has 10 nitrogen and oxygen atoms in total. The second kappa shape index (κ2) is 11.4. The fraction of sp³-hybridized carbons (Fsp3) is 0.560. The van der Waals surface area contributed by atoms with Crippen LogP contribution in [0.5, 0.6) is 5.75 Å². The van der Waals surface area contributed by atoms with Crippen molar-refractivity contribution < 1.29 is 23.9 Å². The molecule has 0 bridgehead atoms. The summed E-state index contributed by atoms with van der Waals surface area (Å²) in [7, 11) is 3.21. The van der Waals surface area contributed by atoms with Crippen molar-refractivity contribution in [1.82, 2.24) is 25.3 Å². The van der Waals surface area contributed by atoms with Crippen LogP contribution in [-0.2, 0) is 9.53 Å². The zero-order valence-corrected chi connectivity index (χ0v) is 21.5. The van der Waals surface area contributed by atoms with Crippen LogP contribution in [0.15, 0.2) is 35.5 Å². The second-order valence-corrected chi connectivity index (χ2v) is 9.15. The number of hydrogen-bond donors (Lipinski definition) is 2. The molecule has 0 aliphatic carbocycles. The molecule has 2 aliphatic rings. The Kier molecular flexibility index (Phi) is 8.61. The van der Waals surface area contributed by atoms with E-state index in [1.807, 2.05) is 43.9 Å². The number of esters is 1. The summed E-state index contributed by atoms with van der Waals surface area (Å²) in [5, 5.41) is 5.88. The average molecular weight is 488 g/mol. The normalized spacial score (nSPS) is 21.2. The van der Waals surface area contributed by atoms with E-state index in [1.165, 1.54) is 4.90 Å². The minimum Gasteiger partial charge on any atom is -0.496 e. The molecule has 1 saturated heterocycles. The molecule has 2 heterocycles. The van der Waals surface area contributed by atoms with Gasteiger partial charge in [0.1, 0.15) is 5.75 Å². The first kappa shape index (κ1) is 26.3. The van der Waals surface area contributed by atoms with Crippen molar-refractivity contribution in [2.24, 2.45) is 0 Å². The van der Waals surface area contributed by atoms with Gasteiger partial charge in [0.15, 0.2) is 0 Å². The van der Waals surface area contributed by atoms with E-state index in [2.05, 4.69) is 15.5 Å². The maximum atomic E-state index is 13.2. The molecule has 10 heteroatoms. The van der Waals surface area contributed by atoms with Crippen LogP contribution in [0, 0.1) is 0 Å². The van der Waals surface area contributed by atoms with Crippen molar-refractivity contribution in [2.75, 3.05) is 46.9 Å². The van der Waals surface area contributed by atoms with Gasteiger partial charge in [0.2, 0.25) is 0 Å². The van der Waals surface area contributed by atoms with E-state index in [-0.39, 0.29) is 30.8 Å². The highest BCUT2D eigenvalue weighted by Crippen LogP contribution is 2.36. The molecule has 2 aliphatic heterocycles. The Bertz CT molecular complexity index is 979. The molecule has 4 amide bonds. The number of likely N-dealkylation sites (N-methyl/N-ethyl adjacent to an activating group) is 1. The van der Waals surface area contributed by atoms with Gasteiger partial charge in [-0.25, -0.2) is 14.4 Å². The number of rotatable bonds is 7. The standard InChI is InChI=1S/C25H37N5O5/c1-7-35-23(31)21-19(15-29-12-13-30(17(4)14-29)25(33)26-16(2)3)28(5)24(32)27-22(21)18-10-8-9-11-20(18)34-6/h8-11,16-17,22H,7,12-15H2,1-6H3,(H,26,33)(H,27,32). The van der Waals surface area contributed by atoms with E-state index in [1.54, 1.807) is 27.1 Å². The number of hydrogen-bond acceptors (Lipinski definition) is 6. The van der Waals surface area contributed by atoms with Crippen LogP contribution in [0.2, 0.25) is 0 Å². The lowest BCUT2D eigenvalue weighted by molar-refractivity contribution is -0.139. The lowest BCUT2D eigenvalue weighted by Crippen LogP contribution is -2.58. The third-order valence-corrected chi connectivity index (χ3v) is 6.28. The molecular weight excluding hydrogens is 450 g/mol. The summed E-state index contributed by atoms with van der Waals surface area (Å²) < 4.78 is 10.9. The van der Waals surface area contributed by atoms with Gasteiger partial charge in [-0.05, 0) is 33.8 Å². The minimum atomic E-state index is -0.709. The SMILES string of the molecule is CCOC(=O)C1=C(CN2CCN(C(=O)NC(C)C)C(C)C2)N(C)C(=O)NC1c1ccccc1OC. The van der Waals surface area contributed by atoms with Gasteiger partial charge in [0.25, 0.3) is 0 Å². The predicted octanol–water partition coefficient (Wildman–Crippen LogP) is 2.33. The van der Waals surface area contributed by atoms with Gasteiger partial charge in [-0.15, -0.1) is 0 Å². The number of benzene rings is 1. The molecule has 1 fully saturated rings. The van der Waals surface area contributed by atoms with E-state index in [0.29, 0.717) is 48.8 Å². The monoisotopic (exact) mass is 487 g/mol. The third-order valence-electron chi connectivity index (χ3n) is 6.28.